The number of alkyl halides is 6. The molecule has 0 aliphatic heterocycles. The van der Waals surface area contributed by atoms with Gasteiger partial charge in [-0.25, -0.2) is 0 Å². The van der Waals surface area contributed by atoms with E-state index in [0.717, 1.165) is 0 Å². The fourth-order valence-electron chi connectivity index (χ4n) is 2.11. The molecule has 0 saturated heterocycles. The predicted octanol–water partition coefficient (Wildman–Crippen LogP) is 3.03. The molecule has 0 heterocycles. The fraction of sp³-hybridized carbons (Fsp3) is 0.900. The molecule has 2 unspecified atom stereocenters. The van der Waals surface area contributed by atoms with Crippen LogP contribution in [0.2, 0.25) is 0 Å². The molecular formula is C10H13F6NO. The first-order valence-electron chi connectivity index (χ1n) is 5.45. The molecule has 0 aromatic rings. The zero-order chi connectivity index (χ0) is 14.1. The molecule has 2 atom stereocenters. The third-order valence-electron chi connectivity index (χ3n) is 2.96. The lowest BCUT2D eigenvalue weighted by Crippen LogP contribution is -2.50. The van der Waals surface area contributed by atoms with Gasteiger partial charge >= 0.3 is 12.4 Å². The van der Waals surface area contributed by atoms with Crippen LogP contribution < -0.4 is 5.32 Å². The maximum absolute atomic E-state index is 12.2. The molecule has 2 nitrogen and oxygen atoms in total. The van der Waals surface area contributed by atoms with Crippen LogP contribution in [0, 0.1) is 11.8 Å². The van der Waals surface area contributed by atoms with Crippen molar-refractivity contribution in [1.29, 1.82) is 0 Å². The van der Waals surface area contributed by atoms with Crippen LogP contribution in [0.15, 0.2) is 0 Å². The van der Waals surface area contributed by atoms with E-state index in [1.54, 1.807) is 0 Å². The maximum atomic E-state index is 12.2. The summed E-state index contributed by atoms with van der Waals surface area (Å²) in [6.07, 6.45) is -9.73. The van der Waals surface area contributed by atoms with Crippen LogP contribution in [0.1, 0.15) is 26.2 Å². The van der Waals surface area contributed by atoms with Crippen LogP contribution in [0.25, 0.3) is 0 Å². The molecule has 1 rings (SSSR count). The van der Waals surface area contributed by atoms with Crippen molar-refractivity contribution in [1.82, 2.24) is 5.32 Å². The molecule has 106 valence electrons. The molecule has 0 spiro atoms. The lowest BCUT2D eigenvalue weighted by Gasteiger charge is -2.23. The number of hydrogen-bond donors (Lipinski definition) is 1. The summed E-state index contributed by atoms with van der Waals surface area (Å²) in [6.45, 7) is 1.83. The summed E-state index contributed by atoms with van der Waals surface area (Å²) in [7, 11) is 0. The minimum absolute atomic E-state index is 0.200. The summed E-state index contributed by atoms with van der Waals surface area (Å²) < 4.78 is 73.4. The summed E-state index contributed by atoms with van der Waals surface area (Å²) in [6, 6.07) is -0.597. The third kappa shape index (κ3) is 3.78. The van der Waals surface area contributed by atoms with Crippen molar-refractivity contribution in [3.05, 3.63) is 0 Å². The van der Waals surface area contributed by atoms with E-state index in [2.05, 4.69) is 0 Å². The Bertz CT molecular complexity index is 296. The van der Waals surface area contributed by atoms with Crippen molar-refractivity contribution in [2.45, 2.75) is 44.6 Å². The van der Waals surface area contributed by atoms with Gasteiger partial charge in [-0.2, -0.15) is 26.3 Å². The Morgan fingerprint density at radius 3 is 1.94 bits per heavy atom. The van der Waals surface area contributed by atoms with Crippen LogP contribution >= 0.6 is 0 Å². The summed E-state index contributed by atoms with van der Waals surface area (Å²) >= 11 is 0. The molecule has 1 N–H and O–H groups in total. The predicted molar refractivity (Wildman–Crippen MR) is 50.5 cm³/mol. The Morgan fingerprint density at radius 1 is 1.11 bits per heavy atom. The quantitative estimate of drug-likeness (QED) is 0.772. The van der Waals surface area contributed by atoms with Gasteiger partial charge < -0.3 is 5.32 Å². The molecule has 8 heteroatoms. The van der Waals surface area contributed by atoms with Gasteiger partial charge in [0.15, 0.2) is 0 Å². The van der Waals surface area contributed by atoms with Gasteiger partial charge in [-0.15, -0.1) is 0 Å². The van der Waals surface area contributed by atoms with Crippen LogP contribution in [-0.4, -0.2) is 24.3 Å². The highest BCUT2D eigenvalue weighted by Crippen LogP contribution is 2.39. The standard InChI is InChI=1S/C10H13F6NO/c1-5-2-3-6(4-5)17-8(18)7(9(11,12)13)10(14,15)16/h5-7H,2-4H2,1H3,(H,17,18). The smallest absolute Gasteiger partial charge is 0.353 e. The van der Waals surface area contributed by atoms with Gasteiger partial charge in [-0.3, -0.25) is 4.79 Å². The Balaban J connectivity index is 2.72. The number of hydrogen-bond acceptors (Lipinski definition) is 1. The zero-order valence-electron chi connectivity index (χ0n) is 9.53. The fourth-order valence-corrected chi connectivity index (χ4v) is 2.11. The lowest BCUT2D eigenvalue weighted by atomic mass is 10.1. The summed E-state index contributed by atoms with van der Waals surface area (Å²) in [4.78, 5) is 11.1. The molecule has 0 bridgehead atoms. The number of halogens is 6. The van der Waals surface area contributed by atoms with E-state index in [0.29, 0.717) is 19.3 Å². The first-order chi connectivity index (χ1) is 8.01. The van der Waals surface area contributed by atoms with Gasteiger partial charge in [0, 0.05) is 6.04 Å². The van der Waals surface area contributed by atoms with Gasteiger partial charge in [0.05, 0.1) is 0 Å². The molecular weight excluding hydrogens is 264 g/mol. The largest absolute Gasteiger partial charge is 0.409 e. The van der Waals surface area contributed by atoms with E-state index in [-0.39, 0.29) is 5.92 Å². The average molecular weight is 277 g/mol. The Hall–Kier alpha value is -0.950. The van der Waals surface area contributed by atoms with E-state index >= 15 is 0 Å². The van der Waals surface area contributed by atoms with E-state index in [9.17, 15) is 31.1 Å². The highest BCUT2D eigenvalue weighted by Gasteiger charge is 2.61. The molecule has 1 aliphatic carbocycles. The molecule has 0 radical (unpaired) electrons. The van der Waals surface area contributed by atoms with Gasteiger partial charge in [-0.1, -0.05) is 6.92 Å². The molecule has 0 aromatic heterocycles. The number of carbonyl (C=O) groups excluding carboxylic acids is 1. The normalized spacial score (nSPS) is 25.6. The van der Waals surface area contributed by atoms with Crippen molar-refractivity contribution < 1.29 is 31.1 Å². The van der Waals surface area contributed by atoms with Gasteiger partial charge in [0.25, 0.3) is 0 Å². The second-order valence-electron chi connectivity index (χ2n) is 4.64. The highest BCUT2D eigenvalue weighted by atomic mass is 19.4. The van der Waals surface area contributed by atoms with E-state index in [4.69, 9.17) is 0 Å². The van der Waals surface area contributed by atoms with Crippen molar-refractivity contribution in [2.24, 2.45) is 11.8 Å². The van der Waals surface area contributed by atoms with Crippen molar-refractivity contribution in [3.63, 3.8) is 0 Å². The SMILES string of the molecule is CC1CCC(NC(=O)C(C(F)(F)F)C(F)(F)F)C1. The second kappa shape index (κ2) is 4.97. The van der Waals surface area contributed by atoms with E-state index < -0.39 is 30.2 Å². The Kier molecular flexibility index (Phi) is 4.17. The minimum atomic E-state index is -5.62. The van der Waals surface area contributed by atoms with Gasteiger partial charge in [-0.05, 0) is 25.2 Å². The van der Waals surface area contributed by atoms with Crippen LogP contribution in [0.5, 0.6) is 0 Å². The van der Waals surface area contributed by atoms with Crippen molar-refractivity contribution in [2.75, 3.05) is 0 Å². The number of amides is 1. The molecule has 1 amide bonds. The van der Waals surface area contributed by atoms with Gasteiger partial charge in [0.2, 0.25) is 11.8 Å². The second-order valence-corrected chi connectivity index (χ2v) is 4.64. The van der Waals surface area contributed by atoms with Crippen molar-refractivity contribution in [3.8, 4) is 0 Å². The number of nitrogens with one attached hydrogen (secondary N) is 1. The first kappa shape index (κ1) is 15.1. The highest BCUT2D eigenvalue weighted by molar-refractivity contribution is 5.80. The third-order valence-corrected chi connectivity index (χ3v) is 2.96. The molecule has 1 aliphatic rings. The summed E-state index contributed by atoms with van der Waals surface area (Å²) in [5.74, 6) is -5.75. The van der Waals surface area contributed by atoms with Crippen LogP contribution in [-0.2, 0) is 4.79 Å². The monoisotopic (exact) mass is 277 g/mol. The number of rotatable bonds is 2. The summed E-state index contributed by atoms with van der Waals surface area (Å²) in [5, 5.41) is 1.84. The Labute approximate surface area is 99.7 Å². The molecule has 1 fully saturated rings. The average Bonchev–Trinajstić information content (AvgIpc) is 2.44. The van der Waals surface area contributed by atoms with Gasteiger partial charge in [0.1, 0.15) is 0 Å². The lowest BCUT2D eigenvalue weighted by molar-refractivity contribution is -0.274. The Morgan fingerprint density at radius 2 is 1.61 bits per heavy atom. The zero-order valence-corrected chi connectivity index (χ0v) is 9.53. The maximum Gasteiger partial charge on any atom is 0.409 e. The van der Waals surface area contributed by atoms with Crippen LogP contribution in [0.3, 0.4) is 0 Å². The minimum Gasteiger partial charge on any atom is -0.353 e. The first-order valence-corrected chi connectivity index (χ1v) is 5.45. The van der Waals surface area contributed by atoms with Crippen LogP contribution in [0.4, 0.5) is 26.3 Å². The number of carbonyl (C=O) groups is 1. The summed E-state index contributed by atoms with van der Waals surface area (Å²) in [5.41, 5.74) is 0. The van der Waals surface area contributed by atoms with E-state index in [1.165, 1.54) is 0 Å². The molecule has 1 saturated carbocycles. The molecule has 0 aromatic carbocycles. The molecule has 18 heavy (non-hydrogen) atoms. The van der Waals surface area contributed by atoms with Crippen molar-refractivity contribution >= 4 is 5.91 Å². The topological polar surface area (TPSA) is 29.1 Å². The van der Waals surface area contributed by atoms with E-state index in [1.807, 2.05) is 12.2 Å².